The normalized spacial score (nSPS) is 16.2. The highest BCUT2D eigenvalue weighted by molar-refractivity contribution is 9.12. The lowest BCUT2D eigenvalue weighted by Crippen LogP contribution is -2.05. The highest BCUT2D eigenvalue weighted by Gasteiger charge is 2.30. The number of carbonyl (C=O) groups excluding carboxylic acids is 2. The second kappa shape index (κ2) is 4.71. The fraction of sp³-hybridized carbons (Fsp3) is 0.167. The van der Waals surface area contributed by atoms with Crippen LogP contribution in [0.4, 0.5) is 0 Å². The van der Waals surface area contributed by atoms with Crippen LogP contribution in [0.1, 0.15) is 22.8 Å². The minimum absolute atomic E-state index is 0.123. The molecule has 0 radical (unpaired) electrons. The van der Waals surface area contributed by atoms with Gasteiger partial charge in [0.1, 0.15) is 4.48 Å². The summed E-state index contributed by atoms with van der Waals surface area (Å²) in [4.78, 5) is 23.1. The second-order valence-electron chi connectivity index (χ2n) is 3.30. The first-order chi connectivity index (χ1) is 8.15. The molecule has 0 spiro atoms. The van der Waals surface area contributed by atoms with Gasteiger partial charge in [0, 0.05) is 5.56 Å². The van der Waals surface area contributed by atoms with E-state index >= 15 is 0 Å². The number of ether oxygens (including phenoxy) is 2. The van der Waals surface area contributed by atoms with Crippen molar-refractivity contribution in [1.82, 2.24) is 0 Å². The van der Waals surface area contributed by atoms with Crippen LogP contribution in [0.25, 0.3) is 5.76 Å². The molecule has 0 amide bonds. The smallest absolute Gasteiger partial charge is 0.349 e. The third kappa shape index (κ3) is 2.10. The fourth-order valence-electron chi connectivity index (χ4n) is 1.51. The molecule has 0 saturated carbocycles. The maximum absolute atomic E-state index is 11.5. The van der Waals surface area contributed by atoms with E-state index in [4.69, 9.17) is 9.47 Å². The molecule has 0 unspecified atom stereocenters. The molecule has 0 aromatic heterocycles. The highest BCUT2D eigenvalue weighted by atomic mass is 79.9. The molecule has 0 aliphatic carbocycles. The summed E-state index contributed by atoms with van der Waals surface area (Å²) in [5.74, 6) is -0.798. The number of hydrogen-bond donors (Lipinski definition) is 0. The number of carbonyl (C=O) groups is 2. The molecule has 0 bridgehead atoms. The first kappa shape index (κ1) is 11.9. The van der Waals surface area contributed by atoms with Gasteiger partial charge in [0.25, 0.3) is 0 Å². The van der Waals surface area contributed by atoms with Crippen molar-refractivity contribution in [2.75, 3.05) is 6.61 Å². The molecule has 4 nitrogen and oxygen atoms in total. The van der Waals surface area contributed by atoms with E-state index in [9.17, 15) is 9.59 Å². The van der Waals surface area contributed by atoms with Gasteiger partial charge in [0.15, 0.2) is 5.76 Å². The molecule has 88 valence electrons. The van der Waals surface area contributed by atoms with Gasteiger partial charge in [-0.1, -0.05) is 18.2 Å². The minimum atomic E-state index is -0.549. The first-order valence-electron chi connectivity index (χ1n) is 5.03. The molecule has 5 heteroatoms. The summed E-state index contributed by atoms with van der Waals surface area (Å²) in [5.41, 5.74) is 1.04. The summed E-state index contributed by atoms with van der Waals surface area (Å²) in [5, 5.41) is 0. The predicted molar refractivity (Wildman–Crippen MR) is 64.3 cm³/mol. The number of fused-ring (bicyclic) bond motifs is 1. The molecule has 2 rings (SSSR count). The van der Waals surface area contributed by atoms with E-state index in [1.807, 2.05) is 0 Å². The van der Waals surface area contributed by atoms with Crippen molar-refractivity contribution in [2.24, 2.45) is 0 Å². The maximum Gasteiger partial charge on any atom is 0.349 e. The summed E-state index contributed by atoms with van der Waals surface area (Å²) < 4.78 is 10.0. The molecular formula is C12H9BrO4. The highest BCUT2D eigenvalue weighted by Crippen LogP contribution is 2.34. The van der Waals surface area contributed by atoms with Crippen LogP contribution in [-0.4, -0.2) is 18.5 Å². The van der Waals surface area contributed by atoms with Gasteiger partial charge in [-0.3, -0.25) is 0 Å². The average Bonchev–Trinajstić information content (AvgIpc) is 2.67. The Kier molecular flexibility index (Phi) is 3.28. The molecule has 0 fully saturated rings. The summed E-state index contributed by atoms with van der Waals surface area (Å²) in [6.07, 6.45) is 0. The summed E-state index contributed by atoms with van der Waals surface area (Å²) in [7, 11) is 0. The van der Waals surface area contributed by atoms with Gasteiger partial charge in [-0.05, 0) is 28.9 Å². The molecule has 17 heavy (non-hydrogen) atoms. The molecule has 1 aromatic rings. The SMILES string of the molecule is CCOC(=O)/C(Br)=C1/OC(=O)c2ccccc21. The second-order valence-corrected chi connectivity index (χ2v) is 4.09. The molecule has 1 heterocycles. The van der Waals surface area contributed by atoms with Crippen LogP contribution in [0.15, 0.2) is 28.7 Å². The van der Waals surface area contributed by atoms with Crippen LogP contribution in [0.3, 0.4) is 0 Å². The maximum atomic E-state index is 11.5. The van der Waals surface area contributed by atoms with Crippen LogP contribution < -0.4 is 0 Å². The van der Waals surface area contributed by atoms with Crippen molar-refractivity contribution >= 4 is 33.6 Å². The van der Waals surface area contributed by atoms with Gasteiger partial charge in [-0.2, -0.15) is 0 Å². The third-order valence-corrected chi connectivity index (χ3v) is 2.92. The molecule has 0 N–H and O–H groups in total. The fourth-order valence-corrected chi connectivity index (χ4v) is 1.92. The van der Waals surface area contributed by atoms with Crippen molar-refractivity contribution in [3.05, 3.63) is 39.9 Å². The monoisotopic (exact) mass is 296 g/mol. The van der Waals surface area contributed by atoms with Crippen molar-refractivity contribution in [3.8, 4) is 0 Å². The Morgan fingerprint density at radius 2 is 2.00 bits per heavy atom. The van der Waals surface area contributed by atoms with Crippen LogP contribution in [0.2, 0.25) is 0 Å². The minimum Gasteiger partial charge on any atom is -0.462 e. The molecule has 1 aromatic carbocycles. The zero-order valence-electron chi connectivity index (χ0n) is 9.03. The van der Waals surface area contributed by atoms with Crippen LogP contribution in [-0.2, 0) is 14.3 Å². The van der Waals surface area contributed by atoms with Crippen LogP contribution >= 0.6 is 15.9 Å². The topological polar surface area (TPSA) is 52.6 Å². The lowest BCUT2D eigenvalue weighted by Gasteiger charge is -2.03. The zero-order chi connectivity index (χ0) is 12.4. The molecular weight excluding hydrogens is 288 g/mol. The van der Waals surface area contributed by atoms with Gasteiger partial charge in [0.05, 0.1) is 12.2 Å². The predicted octanol–water partition coefficient (Wildman–Crippen LogP) is 2.48. The summed E-state index contributed by atoms with van der Waals surface area (Å²) >= 11 is 3.10. The van der Waals surface area contributed by atoms with Gasteiger partial charge < -0.3 is 9.47 Å². The number of halogens is 1. The molecule has 0 atom stereocenters. The van der Waals surface area contributed by atoms with Crippen molar-refractivity contribution < 1.29 is 19.1 Å². The quantitative estimate of drug-likeness (QED) is 0.621. The number of benzene rings is 1. The number of esters is 2. The lowest BCUT2D eigenvalue weighted by atomic mass is 10.1. The van der Waals surface area contributed by atoms with E-state index in [1.54, 1.807) is 31.2 Å². The van der Waals surface area contributed by atoms with Crippen LogP contribution in [0, 0.1) is 0 Å². The Morgan fingerprint density at radius 1 is 1.35 bits per heavy atom. The van der Waals surface area contributed by atoms with Gasteiger partial charge in [-0.25, -0.2) is 9.59 Å². The van der Waals surface area contributed by atoms with Crippen molar-refractivity contribution in [1.29, 1.82) is 0 Å². The molecule has 0 saturated heterocycles. The Balaban J connectivity index is 2.46. The summed E-state index contributed by atoms with van der Waals surface area (Å²) in [6.45, 7) is 1.97. The molecule has 1 aliphatic rings. The standard InChI is InChI=1S/C12H9BrO4/c1-2-16-12(15)9(13)10-7-5-3-4-6-8(7)11(14)17-10/h3-6H,2H2,1H3/b10-9-. The Morgan fingerprint density at radius 3 is 2.65 bits per heavy atom. The van der Waals surface area contributed by atoms with Gasteiger partial charge in [0.2, 0.25) is 0 Å². The van der Waals surface area contributed by atoms with E-state index < -0.39 is 11.9 Å². The van der Waals surface area contributed by atoms with E-state index in [2.05, 4.69) is 15.9 Å². The van der Waals surface area contributed by atoms with E-state index in [1.165, 1.54) is 0 Å². The largest absolute Gasteiger partial charge is 0.462 e. The first-order valence-corrected chi connectivity index (χ1v) is 5.83. The number of rotatable bonds is 2. The van der Waals surface area contributed by atoms with Crippen LogP contribution in [0.5, 0.6) is 0 Å². The van der Waals surface area contributed by atoms with E-state index in [0.29, 0.717) is 11.1 Å². The Bertz CT molecular complexity index is 519. The van der Waals surface area contributed by atoms with Crippen molar-refractivity contribution in [2.45, 2.75) is 6.92 Å². The van der Waals surface area contributed by atoms with Gasteiger partial charge >= 0.3 is 11.9 Å². The number of cyclic esters (lactones) is 1. The van der Waals surface area contributed by atoms with Crippen molar-refractivity contribution in [3.63, 3.8) is 0 Å². The summed E-state index contributed by atoms with van der Waals surface area (Å²) in [6, 6.07) is 6.87. The molecule has 1 aliphatic heterocycles. The Labute approximate surface area is 106 Å². The zero-order valence-corrected chi connectivity index (χ0v) is 10.6. The van der Waals surface area contributed by atoms with E-state index in [0.717, 1.165) is 0 Å². The number of hydrogen-bond acceptors (Lipinski definition) is 4. The average molecular weight is 297 g/mol. The van der Waals surface area contributed by atoms with E-state index in [-0.39, 0.29) is 16.8 Å². The Hall–Kier alpha value is -1.62. The third-order valence-electron chi connectivity index (χ3n) is 2.24. The van der Waals surface area contributed by atoms with Gasteiger partial charge in [-0.15, -0.1) is 0 Å². The lowest BCUT2D eigenvalue weighted by molar-refractivity contribution is -0.137.